The molecule has 1 aliphatic rings. The number of anilines is 3. The number of thiophene rings is 1. The Morgan fingerprint density at radius 1 is 0.900 bits per heavy atom. The van der Waals surface area contributed by atoms with Crippen LogP contribution in [0.15, 0.2) is 54.6 Å². The van der Waals surface area contributed by atoms with Crippen LogP contribution in [0.3, 0.4) is 0 Å². The highest BCUT2D eigenvalue weighted by molar-refractivity contribution is 7.16. The fraction of sp³-hybridized carbons (Fsp3) is 0.346. The van der Waals surface area contributed by atoms with Gasteiger partial charge < -0.3 is 10.0 Å². The third-order valence-corrected chi connectivity index (χ3v) is 8.02. The molecule has 0 saturated carbocycles. The van der Waals surface area contributed by atoms with Crippen LogP contribution in [0.5, 0.6) is 0 Å². The first-order valence-corrected chi connectivity index (χ1v) is 11.3. The van der Waals surface area contributed by atoms with Crippen molar-refractivity contribution in [2.75, 3.05) is 4.90 Å². The SMILES string of the molecule is Cc1c(N(c2ccccc2)c2ccc(C(=O)O)cc2)sc2c1C(C)(C)CCC2(C)C. The van der Waals surface area contributed by atoms with Crippen molar-refractivity contribution in [1.29, 1.82) is 0 Å². The first-order valence-electron chi connectivity index (χ1n) is 10.4. The Balaban J connectivity index is 1.93. The largest absolute Gasteiger partial charge is 0.478 e. The van der Waals surface area contributed by atoms with Gasteiger partial charge in [-0.1, -0.05) is 45.9 Å². The molecule has 156 valence electrons. The molecule has 0 spiro atoms. The number of carboxylic acid groups (broad SMARTS) is 1. The van der Waals surface area contributed by atoms with Gasteiger partial charge in [-0.2, -0.15) is 0 Å². The van der Waals surface area contributed by atoms with E-state index in [0.717, 1.165) is 11.4 Å². The number of carbonyl (C=O) groups is 1. The summed E-state index contributed by atoms with van der Waals surface area (Å²) in [5.74, 6) is -0.904. The van der Waals surface area contributed by atoms with E-state index in [2.05, 4.69) is 51.7 Å². The summed E-state index contributed by atoms with van der Waals surface area (Å²) in [7, 11) is 0. The number of fused-ring (bicyclic) bond motifs is 1. The molecule has 3 aromatic rings. The second-order valence-electron chi connectivity index (χ2n) is 9.53. The predicted molar refractivity (Wildman–Crippen MR) is 126 cm³/mol. The van der Waals surface area contributed by atoms with Gasteiger partial charge >= 0.3 is 5.97 Å². The standard InChI is InChI=1S/C26H29NO2S/c1-17-21-22(26(4,5)16-15-25(21,2)3)30-23(17)27(19-9-7-6-8-10-19)20-13-11-18(12-14-20)24(28)29/h6-14H,15-16H2,1-5H3,(H,28,29). The fourth-order valence-electron chi connectivity index (χ4n) is 4.58. The van der Waals surface area contributed by atoms with Gasteiger partial charge in [0.1, 0.15) is 5.00 Å². The summed E-state index contributed by atoms with van der Waals surface area (Å²) in [6, 6.07) is 17.5. The summed E-state index contributed by atoms with van der Waals surface area (Å²) >= 11 is 1.89. The minimum absolute atomic E-state index is 0.152. The molecule has 0 fully saturated rings. The lowest BCUT2D eigenvalue weighted by atomic mass is 9.66. The number of carboxylic acids is 1. The van der Waals surface area contributed by atoms with Gasteiger partial charge in [-0.3, -0.25) is 0 Å². The Morgan fingerprint density at radius 2 is 1.47 bits per heavy atom. The number of rotatable bonds is 4. The zero-order chi connectivity index (χ0) is 21.7. The van der Waals surface area contributed by atoms with Crippen LogP contribution < -0.4 is 4.90 Å². The van der Waals surface area contributed by atoms with Gasteiger partial charge in [0.15, 0.2) is 0 Å². The molecule has 1 aromatic heterocycles. The summed E-state index contributed by atoms with van der Waals surface area (Å²) in [4.78, 5) is 15.1. The second-order valence-corrected chi connectivity index (χ2v) is 10.5. The van der Waals surface area contributed by atoms with E-state index in [-0.39, 0.29) is 10.8 Å². The highest BCUT2D eigenvalue weighted by Crippen LogP contribution is 2.55. The van der Waals surface area contributed by atoms with E-state index in [1.165, 1.54) is 33.8 Å². The third kappa shape index (κ3) is 3.43. The lowest BCUT2D eigenvalue weighted by Gasteiger charge is -2.39. The molecule has 0 amide bonds. The van der Waals surface area contributed by atoms with Crippen LogP contribution in [0.25, 0.3) is 0 Å². The lowest BCUT2D eigenvalue weighted by Crippen LogP contribution is -2.32. The van der Waals surface area contributed by atoms with E-state index in [4.69, 9.17) is 0 Å². The van der Waals surface area contributed by atoms with Gasteiger partial charge in [-0.15, -0.1) is 11.3 Å². The molecule has 0 aliphatic heterocycles. The second kappa shape index (κ2) is 7.28. The molecule has 0 radical (unpaired) electrons. The van der Waals surface area contributed by atoms with E-state index in [1.54, 1.807) is 12.1 Å². The van der Waals surface area contributed by atoms with Gasteiger partial charge in [-0.05, 0) is 78.1 Å². The van der Waals surface area contributed by atoms with Gasteiger partial charge in [0, 0.05) is 16.3 Å². The van der Waals surface area contributed by atoms with Crippen LogP contribution >= 0.6 is 11.3 Å². The molecule has 2 aromatic carbocycles. The lowest BCUT2D eigenvalue weighted by molar-refractivity contribution is 0.0697. The monoisotopic (exact) mass is 419 g/mol. The number of para-hydroxylation sites is 1. The molecular formula is C26H29NO2S. The molecule has 30 heavy (non-hydrogen) atoms. The van der Waals surface area contributed by atoms with Crippen molar-refractivity contribution in [3.8, 4) is 0 Å². The predicted octanol–water partition coefficient (Wildman–Crippen LogP) is 7.57. The molecule has 0 unspecified atom stereocenters. The summed E-state index contributed by atoms with van der Waals surface area (Å²) in [6.45, 7) is 11.7. The van der Waals surface area contributed by atoms with Gasteiger partial charge in [0.05, 0.1) is 5.56 Å². The average Bonchev–Trinajstić information content (AvgIpc) is 3.07. The Kier molecular flexibility index (Phi) is 5.01. The molecule has 0 saturated heterocycles. The minimum Gasteiger partial charge on any atom is -0.478 e. The first kappa shape index (κ1) is 20.7. The van der Waals surface area contributed by atoms with Crippen LogP contribution in [-0.2, 0) is 10.8 Å². The number of aromatic carboxylic acids is 1. The zero-order valence-corrected chi connectivity index (χ0v) is 19.1. The van der Waals surface area contributed by atoms with E-state index < -0.39 is 5.97 Å². The molecular weight excluding hydrogens is 390 g/mol. The molecule has 1 aliphatic carbocycles. The van der Waals surface area contributed by atoms with Crippen molar-refractivity contribution in [3.63, 3.8) is 0 Å². The Morgan fingerprint density at radius 3 is 2.03 bits per heavy atom. The molecule has 0 bridgehead atoms. The first-order chi connectivity index (χ1) is 14.1. The fourth-order valence-corrected chi connectivity index (χ4v) is 6.24. The van der Waals surface area contributed by atoms with E-state index >= 15 is 0 Å². The number of benzene rings is 2. The summed E-state index contributed by atoms with van der Waals surface area (Å²) in [6.07, 6.45) is 2.37. The van der Waals surface area contributed by atoms with E-state index in [0.29, 0.717) is 5.56 Å². The Bertz CT molecular complexity index is 1080. The third-order valence-electron chi connectivity index (χ3n) is 6.38. The average molecular weight is 420 g/mol. The smallest absolute Gasteiger partial charge is 0.335 e. The number of hydrogen-bond donors (Lipinski definition) is 1. The molecule has 1 heterocycles. The molecule has 4 heteroatoms. The van der Waals surface area contributed by atoms with Crippen molar-refractivity contribution in [1.82, 2.24) is 0 Å². The van der Waals surface area contributed by atoms with Crippen LogP contribution in [0.4, 0.5) is 16.4 Å². The molecule has 3 nitrogen and oxygen atoms in total. The maximum Gasteiger partial charge on any atom is 0.335 e. The van der Waals surface area contributed by atoms with Crippen LogP contribution in [0.1, 0.15) is 66.9 Å². The van der Waals surface area contributed by atoms with Gasteiger partial charge in [0.2, 0.25) is 0 Å². The highest BCUT2D eigenvalue weighted by Gasteiger charge is 2.41. The van der Waals surface area contributed by atoms with Gasteiger partial charge in [0.25, 0.3) is 0 Å². The van der Waals surface area contributed by atoms with Crippen molar-refractivity contribution in [2.24, 2.45) is 0 Å². The maximum absolute atomic E-state index is 11.3. The summed E-state index contributed by atoms with van der Waals surface area (Å²) in [5, 5.41) is 10.5. The minimum atomic E-state index is -0.904. The molecule has 1 N–H and O–H groups in total. The van der Waals surface area contributed by atoms with E-state index in [9.17, 15) is 9.90 Å². The number of hydrogen-bond acceptors (Lipinski definition) is 3. The van der Waals surface area contributed by atoms with Crippen molar-refractivity contribution in [2.45, 2.75) is 58.3 Å². The number of nitrogens with zero attached hydrogens (tertiary/aromatic N) is 1. The van der Waals surface area contributed by atoms with E-state index in [1.807, 2.05) is 41.7 Å². The van der Waals surface area contributed by atoms with Crippen LogP contribution in [0.2, 0.25) is 0 Å². The maximum atomic E-state index is 11.3. The van der Waals surface area contributed by atoms with Crippen LogP contribution in [0, 0.1) is 6.92 Å². The van der Waals surface area contributed by atoms with Crippen molar-refractivity contribution >= 4 is 33.7 Å². The quantitative estimate of drug-likeness (QED) is 0.474. The highest BCUT2D eigenvalue weighted by atomic mass is 32.1. The Hall–Kier alpha value is -2.59. The summed E-state index contributed by atoms with van der Waals surface area (Å²) in [5.41, 5.74) is 5.49. The normalized spacial score (nSPS) is 16.7. The topological polar surface area (TPSA) is 40.5 Å². The Labute approximate surface area is 183 Å². The zero-order valence-electron chi connectivity index (χ0n) is 18.3. The van der Waals surface area contributed by atoms with Gasteiger partial charge in [-0.25, -0.2) is 4.79 Å². The molecule has 0 atom stereocenters. The van der Waals surface area contributed by atoms with Crippen molar-refractivity contribution in [3.05, 3.63) is 76.2 Å². The molecule has 4 rings (SSSR count). The van der Waals surface area contributed by atoms with Crippen molar-refractivity contribution < 1.29 is 9.90 Å². The summed E-state index contributed by atoms with van der Waals surface area (Å²) < 4.78 is 0. The van der Waals surface area contributed by atoms with Crippen LogP contribution in [-0.4, -0.2) is 11.1 Å².